The van der Waals surface area contributed by atoms with Crippen molar-refractivity contribution in [1.29, 1.82) is 0 Å². The molecular weight excluding hydrogens is 326 g/mol. The minimum Gasteiger partial charge on any atom is -0.288 e. The number of hydrogen-bond donors (Lipinski definition) is 0. The predicted octanol–water partition coefficient (Wildman–Crippen LogP) is 7.30. The zero-order valence-electron chi connectivity index (χ0n) is 17.5. The van der Waals surface area contributed by atoms with Gasteiger partial charge in [-0.15, -0.1) is 0 Å². The van der Waals surface area contributed by atoms with Gasteiger partial charge in [0.2, 0.25) is 0 Å². The lowest BCUT2D eigenvalue weighted by molar-refractivity contribution is 0.515. The van der Waals surface area contributed by atoms with E-state index >= 15 is 0 Å². The average Bonchev–Trinajstić information content (AvgIpc) is 2.81. The Morgan fingerprint density at radius 1 is 1.26 bits per heavy atom. The first-order valence-corrected chi connectivity index (χ1v) is 9.88. The standard InChI is InChI=1S/C26H33N/c1-7-9-10-14-24(26(4,5)6)17-22-18-27-19-23(16-20(22)3)25-15-12-11-13-21(25)8-2/h8-17,19-20H,2,7,18H2,1,3-6H3/b10-9-,22-17-,24-14+. The fourth-order valence-electron chi connectivity index (χ4n) is 3.11. The van der Waals surface area contributed by atoms with Gasteiger partial charge < -0.3 is 0 Å². The topological polar surface area (TPSA) is 12.4 Å². The van der Waals surface area contributed by atoms with Crippen molar-refractivity contribution in [3.63, 3.8) is 0 Å². The summed E-state index contributed by atoms with van der Waals surface area (Å²) in [5, 5.41) is 0. The molecule has 1 aliphatic rings. The molecule has 0 spiro atoms. The van der Waals surface area contributed by atoms with E-state index in [9.17, 15) is 0 Å². The van der Waals surface area contributed by atoms with Crippen LogP contribution in [0.2, 0.25) is 0 Å². The highest BCUT2D eigenvalue weighted by Crippen LogP contribution is 2.31. The van der Waals surface area contributed by atoms with Gasteiger partial charge in [-0.25, -0.2) is 0 Å². The third kappa shape index (κ3) is 5.79. The predicted molar refractivity (Wildman–Crippen MR) is 122 cm³/mol. The molecule has 2 rings (SSSR count). The maximum absolute atomic E-state index is 4.73. The lowest BCUT2D eigenvalue weighted by Crippen LogP contribution is -2.10. The maximum atomic E-state index is 4.73. The van der Waals surface area contributed by atoms with Gasteiger partial charge in [-0.05, 0) is 45.6 Å². The van der Waals surface area contributed by atoms with Crippen LogP contribution in [-0.4, -0.2) is 12.8 Å². The Balaban J connectivity index is 2.41. The van der Waals surface area contributed by atoms with E-state index in [0.717, 1.165) is 18.5 Å². The molecule has 0 aromatic heterocycles. The Labute approximate surface area is 165 Å². The number of hydrogen-bond acceptors (Lipinski definition) is 1. The van der Waals surface area contributed by atoms with Crippen molar-refractivity contribution in [2.24, 2.45) is 16.3 Å². The van der Waals surface area contributed by atoms with Crippen molar-refractivity contribution in [3.8, 4) is 0 Å². The Bertz CT molecular complexity index is 807. The van der Waals surface area contributed by atoms with Crippen LogP contribution < -0.4 is 0 Å². The molecule has 142 valence electrons. The summed E-state index contributed by atoms with van der Waals surface area (Å²) < 4.78 is 0. The molecule has 1 heteroatoms. The summed E-state index contributed by atoms with van der Waals surface area (Å²) in [4.78, 5) is 4.73. The molecule has 0 fully saturated rings. The highest BCUT2D eigenvalue weighted by Gasteiger charge is 2.18. The first kappa shape index (κ1) is 20.9. The second-order valence-electron chi connectivity index (χ2n) is 8.10. The van der Waals surface area contributed by atoms with Crippen LogP contribution >= 0.6 is 0 Å². The molecule has 0 bridgehead atoms. The van der Waals surface area contributed by atoms with E-state index in [0.29, 0.717) is 5.92 Å². The Morgan fingerprint density at radius 2 is 2.00 bits per heavy atom. The zero-order chi connectivity index (χ0) is 19.9. The summed E-state index contributed by atoms with van der Waals surface area (Å²) in [6.45, 7) is 15.9. The number of nitrogens with zero attached hydrogens (tertiary/aromatic N) is 1. The minimum atomic E-state index is 0.100. The van der Waals surface area contributed by atoms with Crippen molar-refractivity contribution in [1.82, 2.24) is 0 Å². The highest BCUT2D eigenvalue weighted by atomic mass is 14.7. The van der Waals surface area contributed by atoms with Gasteiger partial charge >= 0.3 is 0 Å². The van der Waals surface area contributed by atoms with Gasteiger partial charge in [0.15, 0.2) is 0 Å². The van der Waals surface area contributed by atoms with E-state index in [1.54, 1.807) is 0 Å². The summed E-state index contributed by atoms with van der Waals surface area (Å²) in [6, 6.07) is 8.37. The van der Waals surface area contributed by atoms with Gasteiger partial charge in [0.05, 0.1) is 6.54 Å². The molecule has 1 aromatic rings. The molecule has 1 nitrogen and oxygen atoms in total. The summed E-state index contributed by atoms with van der Waals surface area (Å²) in [7, 11) is 0. The van der Waals surface area contributed by atoms with Gasteiger partial charge in [0.1, 0.15) is 0 Å². The van der Waals surface area contributed by atoms with E-state index in [-0.39, 0.29) is 5.41 Å². The first-order valence-electron chi connectivity index (χ1n) is 9.88. The molecule has 1 atom stereocenters. The lowest BCUT2D eigenvalue weighted by Gasteiger charge is -2.22. The van der Waals surface area contributed by atoms with Crippen LogP contribution in [0, 0.1) is 11.3 Å². The zero-order valence-corrected chi connectivity index (χ0v) is 17.5. The molecule has 0 radical (unpaired) electrons. The quantitative estimate of drug-likeness (QED) is 0.489. The Morgan fingerprint density at radius 3 is 2.67 bits per heavy atom. The molecule has 1 aliphatic heterocycles. The van der Waals surface area contributed by atoms with Crippen molar-refractivity contribution in [3.05, 3.63) is 83.5 Å². The second-order valence-corrected chi connectivity index (χ2v) is 8.10. The third-order valence-corrected chi connectivity index (χ3v) is 4.86. The van der Waals surface area contributed by atoms with Crippen LogP contribution in [0.15, 0.2) is 77.4 Å². The molecule has 0 saturated heterocycles. The van der Waals surface area contributed by atoms with Crippen LogP contribution in [0.1, 0.15) is 52.2 Å². The van der Waals surface area contributed by atoms with Crippen LogP contribution in [0.25, 0.3) is 11.6 Å². The highest BCUT2D eigenvalue weighted by molar-refractivity contribution is 6.11. The summed E-state index contributed by atoms with van der Waals surface area (Å²) in [5.74, 6) is 0.335. The van der Waals surface area contributed by atoms with E-state index in [4.69, 9.17) is 4.99 Å². The molecule has 0 N–H and O–H groups in total. The van der Waals surface area contributed by atoms with E-state index < -0.39 is 0 Å². The van der Waals surface area contributed by atoms with Crippen LogP contribution in [0.3, 0.4) is 0 Å². The molecule has 1 heterocycles. The fourth-order valence-corrected chi connectivity index (χ4v) is 3.11. The minimum absolute atomic E-state index is 0.100. The molecule has 27 heavy (non-hydrogen) atoms. The van der Waals surface area contributed by atoms with E-state index in [2.05, 4.69) is 89.8 Å². The molecule has 0 amide bonds. The van der Waals surface area contributed by atoms with E-state index in [1.165, 1.54) is 22.3 Å². The third-order valence-electron chi connectivity index (χ3n) is 4.86. The summed E-state index contributed by atoms with van der Waals surface area (Å²) in [6.07, 6.45) is 16.3. The average molecular weight is 360 g/mol. The molecule has 1 aromatic carbocycles. The smallest absolute Gasteiger partial charge is 0.0608 e. The van der Waals surface area contributed by atoms with Gasteiger partial charge in [-0.2, -0.15) is 0 Å². The van der Waals surface area contributed by atoms with E-state index in [1.807, 2.05) is 18.4 Å². The van der Waals surface area contributed by atoms with Gasteiger partial charge in [0.25, 0.3) is 0 Å². The second kappa shape index (κ2) is 9.50. The number of benzene rings is 1. The molecular formula is C26H33N. The summed E-state index contributed by atoms with van der Waals surface area (Å²) in [5.41, 5.74) is 6.31. The largest absolute Gasteiger partial charge is 0.288 e. The van der Waals surface area contributed by atoms with Crippen molar-refractivity contribution in [2.45, 2.75) is 41.0 Å². The van der Waals surface area contributed by atoms with Crippen molar-refractivity contribution >= 4 is 17.9 Å². The Hall–Kier alpha value is -2.41. The van der Waals surface area contributed by atoms with Crippen molar-refractivity contribution < 1.29 is 0 Å². The Kier molecular flexibility index (Phi) is 7.36. The lowest BCUT2D eigenvalue weighted by atomic mass is 9.83. The van der Waals surface area contributed by atoms with Crippen LogP contribution in [0.4, 0.5) is 0 Å². The first-order chi connectivity index (χ1) is 12.9. The monoisotopic (exact) mass is 359 g/mol. The summed E-state index contributed by atoms with van der Waals surface area (Å²) >= 11 is 0. The number of rotatable bonds is 5. The normalized spacial score (nSPS) is 20.0. The molecule has 0 aliphatic carbocycles. The SMILES string of the molecule is C=Cc1ccccc1C1=CC(C)\C(=C/C(=C\C=C/CC)C(C)(C)C)CN=C1. The molecule has 0 saturated carbocycles. The van der Waals surface area contributed by atoms with Crippen LogP contribution in [-0.2, 0) is 0 Å². The molecule has 1 unspecified atom stereocenters. The van der Waals surface area contributed by atoms with Gasteiger partial charge in [0, 0.05) is 6.21 Å². The maximum Gasteiger partial charge on any atom is 0.0608 e. The van der Waals surface area contributed by atoms with Crippen LogP contribution in [0.5, 0.6) is 0 Å². The number of aliphatic imine (C=N–C) groups is 1. The number of allylic oxidation sites excluding steroid dienone is 7. The van der Waals surface area contributed by atoms with Crippen molar-refractivity contribution in [2.75, 3.05) is 6.54 Å². The fraction of sp³-hybridized carbons (Fsp3) is 0.346. The van der Waals surface area contributed by atoms with Gasteiger partial charge in [-0.1, -0.05) is 102 Å². The van der Waals surface area contributed by atoms with Gasteiger partial charge in [-0.3, -0.25) is 4.99 Å².